The van der Waals surface area contributed by atoms with Crippen LogP contribution in [0, 0.1) is 5.41 Å². The fourth-order valence-electron chi connectivity index (χ4n) is 1.61. The van der Waals surface area contributed by atoms with Crippen LogP contribution in [0.15, 0.2) is 0 Å². The van der Waals surface area contributed by atoms with Gasteiger partial charge in [-0.15, -0.1) is 0 Å². The van der Waals surface area contributed by atoms with Crippen molar-refractivity contribution in [1.29, 1.82) is 0 Å². The van der Waals surface area contributed by atoms with Crippen LogP contribution >= 0.6 is 0 Å². The summed E-state index contributed by atoms with van der Waals surface area (Å²) in [6.07, 6.45) is 6.54. The first-order valence-electron chi connectivity index (χ1n) is 6.91. The molecule has 0 fully saturated rings. The summed E-state index contributed by atoms with van der Waals surface area (Å²) >= 11 is 0. The van der Waals surface area contributed by atoms with Gasteiger partial charge in [-0.2, -0.15) is 0 Å². The highest BCUT2D eigenvalue weighted by Gasteiger charge is 2.32. The van der Waals surface area contributed by atoms with Crippen molar-refractivity contribution in [3.05, 3.63) is 0 Å². The minimum atomic E-state index is -0.516. The topological polar surface area (TPSA) is 52.3 Å². The summed E-state index contributed by atoms with van der Waals surface area (Å²) in [6, 6.07) is 0. The predicted molar refractivity (Wildman–Crippen MR) is 71.8 cm³/mol. The quantitative estimate of drug-likeness (QED) is 0.499. The van der Waals surface area contributed by atoms with Gasteiger partial charge in [0, 0.05) is 6.54 Å². The van der Waals surface area contributed by atoms with Gasteiger partial charge in [0.2, 0.25) is 0 Å². The van der Waals surface area contributed by atoms with E-state index < -0.39 is 5.41 Å². The van der Waals surface area contributed by atoms with Gasteiger partial charge < -0.3 is 10.5 Å². The number of esters is 1. The van der Waals surface area contributed by atoms with E-state index >= 15 is 0 Å². The van der Waals surface area contributed by atoms with Gasteiger partial charge in [-0.25, -0.2) is 0 Å². The van der Waals surface area contributed by atoms with E-state index in [2.05, 4.69) is 6.92 Å². The van der Waals surface area contributed by atoms with Crippen molar-refractivity contribution < 1.29 is 9.53 Å². The maximum Gasteiger partial charge on any atom is 0.313 e. The Balaban J connectivity index is 3.94. The van der Waals surface area contributed by atoms with Gasteiger partial charge in [0.05, 0.1) is 11.5 Å². The summed E-state index contributed by atoms with van der Waals surface area (Å²) in [4.78, 5) is 11.9. The lowest BCUT2D eigenvalue weighted by Gasteiger charge is -2.26. The fourth-order valence-corrected chi connectivity index (χ4v) is 1.61. The molecule has 0 aromatic rings. The maximum absolute atomic E-state index is 11.9. The van der Waals surface area contributed by atoms with Crippen molar-refractivity contribution >= 4 is 5.97 Å². The Kier molecular flexibility index (Phi) is 8.23. The van der Waals surface area contributed by atoms with Crippen LogP contribution in [-0.2, 0) is 9.53 Å². The van der Waals surface area contributed by atoms with Crippen LogP contribution in [0.5, 0.6) is 0 Å². The normalized spacial score (nSPS) is 16.3. The second-order valence-corrected chi connectivity index (χ2v) is 5.18. The first-order valence-corrected chi connectivity index (χ1v) is 6.91. The van der Waals surface area contributed by atoms with E-state index in [1.807, 2.05) is 20.8 Å². The molecule has 0 aliphatic rings. The zero-order chi connectivity index (χ0) is 13.3. The van der Waals surface area contributed by atoms with E-state index in [9.17, 15) is 4.79 Å². The second kappa shape index (κ2) is 8.51. The number of hydrogen-bond acceptors (Lipinski definition) is 3. The molecule has 0 amide bonds. The number of ether oxygens (including phenoxy) is 1. The first-order chi connectivity index (χ1) is 8.00. The van der Waals surface area contributed by atoms with Crippen LogP contribution in [0.2, 0.25) is 0 Å². The Hall–Kier alpha value is -0.570. The lowest BCUT2D eigenvalue weighted by atomic mass is 9.88. The first kappa shape index (κ1) is 16.4. The molecule has 102 valence electrons. The standard InChI is InChI=1S/C14H29NO2/c1-5-7-8-9-10-12(3)17-13(16)14(4,6-2)11-15/h12H,5-11,15H2,1-4H3. The molecule has 0 bridgehead atoms. The van der Waals surface area contributed by atoms with Gasteiger partial charge >= 0.3 is 5.97 Å². The number of hydrogen-bond donors (Lipinski definition) is 1. The molecule has 0 spiro atoms. The molecule has 3 heteroatoms. The summed E-state index contributed by atoms with van der Waals surface area (Å²) in [5.41, 5.74) is 5.12. The molecule has 0 radical (unpaired) electrons. The number of carbonyl (C=O) groups is 1. The average molecular weight is 243 g/mol. The molecule has 17 heavy (non-hydrogen) atoms. The van der Waals surface area contributed by atoms with Crippen molar-refractivity contribution in [2.75, 3.05) is 6.54 Å². The molecule has 2 atom stereocenters. The van der Waals surface area contributed by atoms with Gasteiger partial charge in [-0.05, 0) is 33.1 Å². The third-order valence-corrected chi connectivity index (χ3v) is 3.50. The fraction of sp³-hybridized carbons (Fsp3) is 0.929. The molecule has 2 unspecified atom stereocenters. The van der Waals surface area contributed by atoms with Crippen LogP contribution in [-0.4, -0.2) is 18.6 Å². The lowest BCUT2D eigenvalue weighted by Crippen LogP contribution is -2.38. The Morgan fingerprint density at radius 1 is 1.29 bits per heavy atom. The summed E-state index contributed by atoms with van der Waals surface area (Å²) in [5, 5.41) is 0. The van der Waals surface area contributed by atoms with Crippen molar-refractivity contribution in [2.24, 2.45) is 11.1 Å². The molecule has 0 aromatic heterocycles. The molecule has 0 rings (SSSR count). The Morgan fingerprint density at radius 2 is 1.94 bits per heavy atom. The van der Waals surface area contributed by atoms with Gasteiger partial charge in [0.1, 0.15) is 0 Å². The molecule has 3 nitrogen and oxygen atoms in total. The van der Waals surface area contributed by atoms with Crippen LogP contribution in [0.4, 0.5) is 0 Å². The van der Waals surface area contributed by atoms with Crippen molar-refractivity contribution in [2.45, 2.75) is 72.3 Å². The SMILES string of the molecule is CCCCCCC(C)OC(=O)C(C)(CC)CN. The number of nitrogens with two attached hydrogens (primary N) is 1. The monoisotopic (exact) mass is 243 g/mol. The van der Waals surface area contributed by atoms with E-state index in [-0.39, 0.29) is 12.1 Å². The largest absolute Gasteiger partial charge is 0.462 e. The second-order valence-electron chi connectivity index (χ2n) is 5.18. The molecule has 0 saturated heterocycles. The lowest BCUT2D eigenvalue weighted by molar-refractivity contribution is -0.159. The molecule has 0 aliphatic heterocycles. The molecule has 2 N–H and O–H groups in total. The Labute approximate surface area is 106 Å². The molecular weight excluding hydrogens is 214 g/mol. The highest BCUT2D eigenvalue weighted by molar-refractivity contribution is 5.76. The number of carbonyl (C=O) groups excluding carboxylic acids is 1. The van der Waals surface area contributed by atoms with Crippen LogP contribution in [0.25, 0.3) is 0 Å². The summed E-state index contributed by atoms with van der Waals surface area (Å²) in [5.74, 6) is -0.148. The van der Waals surface area contributed by atoms with Crippen molar-refractivity contribution in [3.8, 4) is 0 Å². The third kappa shape index (κ3) is 6.06. The molecule has 0 aromatic carbocycles. The highest BCUT2D eigenvalue weighted by atomic mass is 16.5. The smallest absolute Gasteiger partial charge is 0.313 e. The maximum atomic E-state index is 11.9. The summed E-state index contributed by atoms with van der Waals surface area (Å²) in [6.45, 7) is 8.36. The zero-order valence-electron chi connectivity index (χ0n) is 11.9. The van der Waals surface area contributed by atoms with Gasteiger partial charge in [-0.3, -0.25) is 4.79 Å². The molecule has 0 aliphatic carbocycles. The van der Waals surface area contributed by atoms with E-state index in [4.69, 9.17) is 10.5 Å². The van der Waals surface area contributed by atoms with Gasteiger partial charge in [0.25, 0.3) is 0 Å². The average Bonchev–Trinajstić information content (AvgIpc) is 2.33. The van der Waals surface area contributed by atoms with Crippen molar-refractivity contribution in [1.82, 2.24) is 0 Å². The van der Waals surface area contributed by atoms with E-state index in [0.29, 0.717) is 6.54 Å². The highest BCUT2D eigenvalue weighted by Crippen LogP contribution is 2.22. The van der Waals surface area contributed by atoms with E-state index in [0.717, 1.165) is 19.3 Å². The third-order valence-electron chi connectivity index (χ3n) is 3.50. The van der Waals surface area contributed by atoms with E-state index in [1.54, 1.807) is 0 Å². The Bertz CT molecular complexity index is 212. The van der Waals surface area contributed by atoms with Crippen molar-refractivity contribution in [3.63, 3.8) is 0 Å². The molecule has 0 saturated carbocycles. The number of rotatable bonds is 9. The van der Waals surface area contributed by atoms with Gasteiger partial charge in [-0.1, -0.05) is 33.1 Å². The minimum absolute atomic E-state index is 0.0109. The Morgan fingerprint density at radius 3 is 2.41 bits per heavy atom. The van der Waals surface area contributed by atoms with Crippen LogP contribution in [0.3, 0.4) is 0 Å². The van der Waals surface area contributed by atoms with Crippen LogP contribution in [0.1, 0.15) is 66.2 Å². The number of unbranched alkanes of at least 4 members (excludes halogenated alkanes) is 3. The summed E-state index contributed by atoms with van der Waals surface area (Å²) in [7, 11) is 0. The molecular formula is C14H29NO2. The zero-order valence-corrected chi connectivity index (χ0v) is 11.9. The predicted octanol–water partition coefficient (Wildman–Crippen LogP) is 3.26. The van der Waals surface area contributed by atoms with Crippen LogP contribution < -0.4 is 5.73 Å². The summed E-state index contributed by atoms with van der Waals surface area (Å²) < 4.78 is 5.46. The van der Waals surface area contributed by atoms with Gasteiger partial charge in [0.15, 0.2) is 0 Å². The van der Waals surface area contributed by atoms with E-state index in [1.165, 1.54) is 19.3 Å². The molecule has 0 heterocycles. The minimum Gasteiger partial charge on any atom is -0.462 e.